The Balaban J connectivity index is 2.73. The molecule has 0 unspecified atom stereocenters. The molecule has 4 nitrogen and oxygen atoms in total. The van der Waals surface area contributed by atoms with Crippen molar-refractivity contribution in [1.29, 1.82) is 0 Å². The lowest BCUT2D eigenvalue weighted by molar-refractivity contribution is -0.136. The minimum atomic E-state index is -0.950. The SMILES string of the molecule is COB(O)c1ccc(CC(=O)O)cc1. The Morgan fingerprint density at radius 1 is 1.43 bits per heavy atom. The molecule has 0 atom stereocenters. The van der Waals surface area contributed by atoms with Gasteiger partial charge in [-0.2, -0.15) is 0 Å². The van der Waals surface area contributed by atoms with E-state index in [2.05, 4.69) is 0 Å². The van der Waals surface area contributed by atoms with Gasteiger partial charge >= 0.3 is 13.1 Å². The van der Waals surface area contributed by atoms with E-state index in [1.165, 1.54) is 7.11 Å². The fourth-order valence-electron chi connectivity index (χ4n) is 1.11. The molecule has 0 saturated carbocycles. The van der Waals surface area contributed by atoms with Crippen LogP contribution in [0.2, 0.25) is 0 Å². The minimum Gasteiger partial charge on any atom is -0.481 e. The second kappa shape index (κ2) is 4.78. The van der Waals surface area contributed by atoms with Crippen LogP contribution in [-0.2, 0) is 15.9 Å². The molecule has 0 aliphatic heterocycles. The van der Waals surface area contributed by atoms with Gasteiger partial charge in [0.25, 0.3) is 0 Å². The Morgan fingerprint density at radius 3 is 2.43 bits per heavy atom. The highest BCUT2D eigenvalue weighted by atomic mass is 16.5. The standard InChI is InChI=1S/C9H11BO4/c1-14-10(13)8-4-2-7(3-5-8)6-9(11)12/h2-5,13H,6H2,1H3,(H,11,12). The van der Waals surface area contributed by atoms with Crippen molar-refractivity contribution in [1.82, 2.24) is 0 Å². The molecule has 0 heterocycles. The maximum atomic E-state index is 10.4. The maximum Gasteiger partial charge on any atom is 0.490 e. The lowest BCUT2D eigenvalue weighted by Crippen LogP contribution is -2.32. The van der Waals surface area contributed by atoms with Gasteiger partial charge in [-0.3, -0.25) is 4.79 Å². The van der Waals surface area contributed by atoms with E-state index >= 15 is 0 Å². The van der Waals surface area contributed by atoms with Gasteiger partial charge < -0.3 is 14.8 Å². The topological polar surface area (TPSA) is 66.8 Å². The van der Waals surface area contributed by atoms with E-state index in [9.17, 15) is 9.82 Å². The monoisotopic (exact) mass is 194 g/mol. The first-order valence-corrected chi connectivity index (χ1v) is 4.15. The maximum absolute atomic E-state index is 10.4. The molecule has 0 aliphatic rings. The summed E-state index contributed by atoms with van der Waals surface area (Å²) in [6.45, 7) is 0. The van der Waals surface area contributed by atoms with Crippen molar-refractivity contribution in [2.75, 3.05) is 7.11 Å². The lowest BCUT2D eigenvalue weighted by Gasteiger charge is -2.04. The van der Waals surface area contributed by atoms with Gasteiger partial charge in [0.1, 0.15) is 0 Å². The third-order valence-corrected chi connectivity index (χ3v) is 1.84. The number of carbonyl (C=O) groups is 1. The number of carboxylic acid groups (broad SMARTS) is 1. The first-order valence-electron chi connectivity index (χ1n) is 4.15. The van der Waals surface area contributed by atoms with Crippen molar-refractivity contribution in [2.24, 2.45) is 0 Å². The average Bonchev–Trinajstić information content (AvgIpc) is 2.17. The summed E-state index contributed by atoms with van der Waals surface area (Å²) in [6.07, 6.45) is -0.0106. The van der Waals surface area contributed by atoms with Crippen LogP contribution in [0.4, 0.5) is 0 Å². The second-order valence-electron chi connectivity index (χ2n) is 2.90. The summed E-state index contributed by atoms with van der Waals surface area (Å²) in [5.74, 6) is -0.870. The second-order valence-corrected chi connectivity index (χ2v) is 2.90. The summed E-state index contributed by atoms with van der Waals surface area (Å²) in [5, 5.41) is 17.8. The van der Waals surface area contributed by atoms with Crippen LogP contribution in [0, 0.1) is 0 Å². The normalized spacial score (nSPS) is 9.86. The molecular formula is C9H11BO4. The predicted octanol–water partition coefficient (Wildman–Crippen LogP) is -0.352. The third kappa shape index (κ3) is 2.87. The van der Waals surface area contributed by atoms with E-state index < -0.39 is 13.1 Å². The lowest BCUT2D eigenvalue weighted by atomic mass is 9.79. The smallest absolute Gasteiger partial charge is 0.481 e. The largest absolute Gasteiger partial charge is 0.490 e. The zero-order valence-electron chi connectivity index (χ0n) is 7.80. The summed E-state index contributed by atoms with van der Waals surface area (Å²) >= 11 is 0. The van der Waals surface area contributed by atoms with Crippen LogP contribution in [-0.4, -0.2) is 30.3 Å². The number of benzene rings is 1. The van der Waals surface area contributed by atoms with Crippen LogP contribution in [0.25, 0.3) is 0 Å². The van der Waals surface area contributed by atoms with Crippen LogP contribution < -0.4 is 5.46 Å². The molecule has 0 bridgehead atoms. The van der Waals surface area contributed by atoms with Gasteiger partial charge in [0.2, 0.25) is 0 Å². The van der Waals surface area contributed by atoms with Crippen LogP contribution in [0.5, 0.6) is 0 Å². The van der Waals surface area contributed by atoms with E-state index in [-0.39, 0.29) is 6.42 Å². The van der Waals surface area contributed by atoms with E-state index in [1.54, 1.807) is 24.3 Å². The number of aliphatic carboxylic acids is 1. The van der Waals surface area contributed by atoms with E-state index in [1.807, 2.05) is 0 Å². The molecule has 0 saturated heterocycles. The Labute approximate surface area is 82.3 Å². The molecular weight excluding hydrogens is 183 g/mol. The molecule has 1 rings (SSSR count). The molecule has 0 radical (unpaired) electrons. The van der Waals surface area contributed by atoms with Crippen molar-refractivity contribution in [3.63, 3.8) is 0 Å². The summed E-state index contributed by atoms with van der Waals surface area (Å²) < 4.78 is 4.70. The third-order valence-electron chi connectivity index (χ3n) is 1.84. The van der Waals surface area contributed by atoms with E-state index in [0.717, 1.165) is 0 Å². The minimum absolute atomic E-state index is 0.0106. The molecule has 74 valence electrons. The van der Waals surface area contributed by atoms with Crippen LogP contribution in [0.1, 0.15) is 5.56 Å². The molecule has 0 aliphatic carbocycles. The molecule has 1 aromatic carbocycles. The summed E-state index contributed by atoms with van der Waals surface area (Å²) in [7, 11) is 0.449. The molecule has 0 amide bonds. The highest BCUT2D eigenvalue weighted by molar-refractivity contribution is 6.59. The van der Waals surface area contributed by atoms with Crippen LogP contribution in [0.3, 0.4) is 0 Å². The van der Waals surface area contributed by atoms with Gasteiger partial charge in [-0.1, -0.05) is 24.3 Å². The van der Waals surface area contributed by atoms with Gasteiger partial charge in [-0.25, -0.2) is 0 Å². The van der Waals surface area contributed by atoms with Crippen molar-refractivity contribution in [3.05, 3.63) is 29.8 Å². The van der Waals surface area contributed by atoms with Crippen molar-refractivity contribution in [2.45, 2.75) is 6.42 Å². The highest BCUT2D eigenvalue weighted by Gasteiger charge is 2.13. The van der Waals surface area contributed by atoms with Gasteiger partial charge in [0, 0.05) is 7.11 Å². The zero-order chi connectivity index (χ0) is 10.6. The fourth-order valence-corrected chi connectivity index (χ4v) is 1.11. The van der Waals surface area contributed by atoms with Gasteiger partial charge in [0.05, 0.1) is 6.42 Å². The van der Waals surface area contributed by atoms with Crippen molar-refractivity contribution < 1.29 is 19.6 Å². The quantitative estimate of drug-likeness (QED) is 0.642. The van der Waals surface area contributed by atoms with Gasteiger partial charge in [-0.05, 0) is 11.0 Å². The van der Waals surface area contributed by atoms with Gasteiger partial charge in [-0.15, -0.1) is 0 Å². The first kappa shape index (κ1) is 10.8. The van der Waals surface area contributed by atoms with Crippen molar-refractivity contribution in [3.8, 4) is 0 Å². The molecule has 2 N–H and O–H groups in total. The number of hydrogen-bond donors (Lipinski definition) is 2. The predicted molar refractivity (Wildman–Crippen MR) is 52.4 cm³/mol. The molecule has 14 heavy (non-hydrogen) atoms. The molecule has 1 aromatic rings. The first-order chi connectivity index (χ1) is 6.63. The van der Waals surface area contributed by atoms with E-state index in [0.29, 0.717) is 11.0 Å². The highest BCUT2D eigenvalue weighted by Crippen LogP contribution is 1.98. The van der Waals surface area contributed by atoms with Crippen LogP contribution >= 0.6 is 0 Å². The van der Waals surface area contributed by atoms with Crippen molar-refractivity contribution >= 4 is 18.6 Å². The molecule has 0 spiro atoms. The summed E-state index contributed by atoms with van der Waals surface area (Å²) in [5.41, 5.74) is 1.31. The molecule has 0 aromatic heterocycles. The number of hydrogen-bond acceptors (Lipinski definition) is 3. The fraction of sp³-hybridized carbons (Fsp3) is 0.222. The molecule has 5 heteroatoms. The Bertz CT molecular complexity index is 309. The zero-order valence-corrected chi connectivity index (χ0v) is 7.80. The summed E-state index contributed by atoms with van der Waals surface area (Å²) in [6, 6.07) is 6.61. The summed E-state index contributed by atoms with van der Waals surface area (Å²) in [4.78, 5) is 10.4. The molecule has 0 fully saturated rings. The Kier molecular flexibility index (Phi) is 3.68. The number of carboxylic acids is 1. The van der Waals surface area contributed by atoms with E-state index in [4.69, 9.17) is 9.76 Å². The Hall–Kier alpha value is -1.33. The van der Waals surface area contributed by atoms with Crippen LogP contribution in [0.15, 0.2) is 24.3 Å². The number of rotatable bonds is 4. The Morgan fingerprint density at radius 2 is 2.00 bits per heavy atom. The van der Waals surface area contributed by atoms with Gasteiger partial charge in [0.15, 0.2) is 0 Å². The average molecular weight is 194 g/mol.